The Labute approximate surface area is 150 Å². The Hall–Kier alpha value is -3.28. The van der Waals surface area contributed by atoms with Gasteiger partial charge in [0, 0.05) is 0 Å². The van der Waals surface area contributed by atoms with Crippen LogP contribution in [0.15, 0.2) is 54.6 Å². The van der Waals surface area contributed by atoms with Gasteiger partial charge in [0.05, 0.1) is 25.5 Å². The molecule has 6 nitrogen and oxygen atoms in total. The van der Waals surface area contributed by atoms with Crippen LogP contribution in [0, 0.1) is 0 Å². The second-order valence-electron chi connectivity index (χ2n) is 5.50. The van der Waals surface area contributed by atoms with Gasteiger partial charge in [-0.1, -0.05) is 42.5 Å². The first-order valence-corrected chi connectivity index (χ1v) is 7.93. The van der Waals surface area contributed by atoms with Gasteiger partial charge in [-0.05, 0) is 17.7 Å². The van der Waals surface area contributed by atoms with Gasteiger partial charge in [0.15, 0.2) is 5.78 Å². The lowest BCUT2D eigenvalue weighted by Crippen LogP contribution is -2.20. The number of hydrogen-bond donors (Lipinski definition) is 0. The van der Waals surface area contributed by atoms with E-state index in [-0.39, 0.29) is 12.2 Å². The fraction of sp³-hybridized carbons (Fsp3) is 0.200. The van der Waals surface area contributed by atoms with Crippen LogP contribution in [0.1, 0.15) is 28.8 Å². The van der Waals surface area contributed by atoms with E-state index < -0.39 is 36.2 Å². The number of hydrogen-bond acceptors (Lipinski definition) is 6. The number of carbonyl (C=O) groups is 4. The number of rotatable bonds is 9. The summed E-state index contributed by atoms with van der Waals surface area (Å²) in [7, 11) is 1.05. The van der Waals surface area contributed by atoms with E-state index >= 15 is 0 Å². The van der Waals surface area contributed by atoms with Crippen molar-refractivity contribution in [1.29, 1.82) is 0 Å². The minimum atomic E-state index is -1.10. The van der Waals surface area contributed by atoms with Crippen molar-refractivity contribution in [2.75, 3.05) is 7.11 Å². The smallest absolute Gasteiger partial charge is 0.374 e. The highest BCUT2D eigenvalue weighted by Crippen LogP contribution is 2.21. The zero-order chi connectivity index (χ0) is 18.9. The van der Waals surface area contributed by atoms with Crippen molar-refractivity contribution in [2.45, 2.75) is 19.4 Å². The summed E-state index contributed by atoms with van der Waals surface area (Å²) >= 11 is 0. The molecule has 2 aromatic rings. The third-order valence-corrected chi connectivity index (χ3v) is 3.55. The Kier molecular flexibility index (Phi) is 6.79. The third-order valence-electron chi connectivity index (χ3n) is 3.55. The largest absolute Gasteiger partial charge is 0.488 e. The molecule has 134 valence electrons. The Morgan fingerprint density at radius 3 is 2.19 bits per heavy atom. The molecule has 0 aliphatic carbocycles. The van der Waals surface area contributed by atoms with Crippen LogP contribution in [0.5, 0.6) is 5.75 Å². The molecule has 0 fully saturated rings. The van der Waals surface area contributed by atoms with Crippen molar-refractivity contribution in [3.63, 3.8) is 0 Å². The van der Waals surface area contributed by atoms with E-state index in [1.165, 1.54) is 0 Å². The number of Topliss-reactive ketones (excluding diaryl/α,β-unsaturated/α-hetero) is 3. The van der Waals surface area contributed by atoms with E-state index in [2.05, 4.69) is 4.74 Å². The number of ketones is 3. The second kappa shape index (κ2) is 9.27. The quantitative estimate of drug-likeness (QED) is 0.298. The molecule has 0 atom stereocenters. The molecule has 0 heterocycles. The average Bonchev–Trinajstić information content (AvgIpc) is 2.66. The van der Waals surface area contributed by atoms with Crippen molar-refractivity contribution < 1.29 is 28.7 Å². The second-order valence-corrected chi connectivity index (χ2v) is 5.50. The Morgan fingerprint density at radius 2 is 1.50 bits per heavy atom. The summed E-state index contributed by atoms with van der Waals surface area (Å²) in [5.74, 6) is -2.84. The molecule has 0 spiro atoms. The molecule has 0 aliphatic heterocycles. The number of ether oxygens (including phenoxy) is 2. The molecule has 2 aromatic carbocycles. The van der Waals surface area contributed by atoms with E-state index in [1.807, 2.05) is 30.3 Å². The van der Waals surface area contributed by atoms with Crippen molar-refractivity contribution >= 4 is 23.3 Å². The molecule has 0 bridgehead atoms. The van der Waals surface area contributed by atoms with E-state index in [1.54, 1.807) is 24.3 Å². The van der Waals surface area contributed by atoms with Crippen LogP contribution < -0.4 is 4.74 Å². The third kappa shape index (κ3) is 5.37. The fourth-order valence-electron chi connectivity index (χ4n) is 2.26. The van der Waals surface area contributed by atoms with Crippen LogP contribution >= 0.6 is 0 Å². The lowest BCUT2D eigenvalue weighted by atomic mass is 10.0. The maximum atomic E-state index is 12.4. The average molecular weight is 354 g/mol. The monoisotopic (exact) mass is 354 g/mol. The van der Waals surface area contributed by atoms with Gasteiger partial charge in [-0.15, -0.1) is 0 Å². The van der Waals surface area contributed by atoms with Crippen molar-refractivity contribution in [2.24, 2.45) is 0 Å². The molecule has 26 heavy (non-hydrogen) atoms. The van der Waals surface area contributed by atoms with Gasteiger partial charge in [-0.25, -0.2) is 4.79 Å². The highest BCUT2D eigenvalue weighted by molar-refractivity contribution is 6.37. The number of esters is 1. The molecule has 0 unspecified atom stereocenters. The summed E-state index contributed by atoms with van der Waals surface area (Å²) in [5, 5.41) is 0. The first-order valence-electron chi connectivity index (χ1n) is 7.93. The van der Waals surface area contributed by atoms with Gasteiger partial charge in [0.2, 0.25) is 5.78 Å². The van der Waals surface area contributed by atoms with Gasteiger partial charge in [-0.2, -0.15) is 0 Å². The molecule has 2 rings (SSSR count). The van der Waals surface area contributed by atoms with Gasteiger partial charge < -0.3 is 9.47 Å². The molecule has 0 radical (unpaired) electrons. The van der Waals surface area contributed by atoms with Crippen LogP contribution in [0.3, 0.4) is 0 Å². The predicted molar refractivity (Wildman–Crippen MR) is 92.8 cm³/mol. The molecular weight excluding hydrogens is 336 g/mol. The Bertz CT molecular complexity index is 810. The summed E-state index contributed by atoms with van der Waals surface area (Å²) in [5.41, 5.74) is 1.19. The number of carbonyl (C=O) groups excluding carboxylic acids is 4. The Morgan fingerprint density at radius 1 is 0.846 bits per heavy atom. The Balaban J connectivity index is 2.01. The number of methoxy groups -OCH3 is 1. The minimum Gasteiger partial charge on any atom is -0.488 e. The molecule has 0 saturated heterocycles. The van der Waals surface area contributed by atoms with Gasteiger partial charge in [-0.3, -0.25) is 14.4 Å². The van der Waals surface area contributed by atoms with Crippen molar-refractivity contribution in [3.05, 3.63) is 65.7 Å². The first kappa shape index (κ1) is 19.1. The maximum Gasteiger partial charge on any atom is 0.374 e. The summed E-state index contributed by atoms with van der Waals surface area (Å²) in [6, 6.07) is 16.0. The minimum absolute atomic E-state index is 0.252. The zero-order valence-corrected chi connectivity index (χ0v) is 14.3. The fourth-order valence-corrected chi connectivity index (χ4v) is 2.26. The first-order chi connectivity index (χ1) is 12.5. The summed E-state index contributed by atoms with van der Waals surface area (Å²) < 4.78 is 9.94. The van der Waals surface area contributed by atoms with Crippen LogP contribution in [0.4, 0.5) is 0 Å². The standard InChI is InChI=1S/C20H18O6/c1-25-20(24)18(23)12-15(21)11-17(22)16-9-5-6-10-19(16)26-13-14-7-3-2-4-8-14/h2-10H,11-13H2,1H3. The van der Waals surface area contributed by atoms with Gasteiger partial charge >= 0.3 is 5.97 Å². The summed E-state index contributed by atoms with van der Waals surface area (Å²) in [4.78, 5) is 46.7. The lowest BCUT2D eigenvalue weighted by molar-refractivity contribution is -0.152. The normalized spacial score (nSPS) is 10.0. The molecule has 0 saturated carbocycles. The summed E-state index contributed by atoms with van der Waals surface area (Å²) in [6.45, 7) is 0.278. The number of para-hydroxylation sites is 1. The van der Waals surface area contributed by atoms with Crippen LogP contribution in [-0.4, -0.2) is 30.4 Å². The van der Waals surface area contributed by atoms with Crippen LogP contribution in [0.2, 0.25) is 0 Å². The number of benzene rings is 2. The molecule has 0 aliphatic rings. The lowest BCUT2D eigenvalue weighted by Gasteiger charge is -2.10. The van der Waals surface area contributed by atoms with E-state index in [0.29, 0.717) is 5.75 Å². The highest BCUT2D eigenvalue weighted by Gasteiger charge is 2.22. The molecular formula is C20H18O6. The SMILES string of the molecule is COC(=O)C(=O)CC(=O)CC(=O)c1ccccc1OCc1ccccc1. The van der Waals surface area contributed by atoms with Crippen molar-refractivity contribution in [1.82, 2.24) is 0 Å². The maximum absolute atomic E-state index is 12.4. The molecule has 0 N–H and O–H groups in total. The van der Waals surface area contributed by atoms with Crippen LogP contribution in [0.25, 0.3) is 0 Å². The molecule has 6 heteroatoms. The molecule has 0 amide bonds. The van der Waals surface area contributed by atoms with E-state index in [0.717, 1.165) is 12.7 Å². The van der Waals surface area contributed by atoms with E-state index in [9.17, 15) is 19.2 Å². The van der Waals surface area contributed by atoms with Crippen LogP contribution in [-0.2, 0) is 25.7 Å². The predicted octanol–water partition coefficient (Wildman–Crippen LogP) is 2.54. The highest BCUT2D eigenvalue weighted by atomic mass is 16.5. The topological polar surface area (TPSA) is 86.7 Å². The summed E-state index contributed by atoms with van der Waals surface area (Å²) in [6.07, 6.45) is -1.15. The zero-order valence-electron chi connectivity index (χ0n) is 14.3. The van der Waals surface area contributed by atoms with E-state index in [4.69, 9.17) is 4.74 Å². The van der Waals surface area contributed by atoms with Gasteiger partial charge in [0.1, 0.15) is 18.1 Å². The van der Waals surface area contributed by atoms with Crippen molar-refractivity contribution in [3.8, 4) is 5.75 Å². The van der Waals surface area contributed by atoms with Gasteiger partial charge in [0.25, 0.3) is 0 Å². The molecule has 0 aromatic heterocycles.